The molecule has 2 N–H and O–H groups in total. The van der Waals surface area contributed by atoms with Crippen LogP contribution in [0.2, 0.25) is 0 Å². The lowest BCUT2D eigenvalue weighted by Gasteiger charge is -2.34. The Labute approximate surface area is 121 Å². The average Bonchev–Trinajstić information content (AvgIpc) is 2.34. The maximum Gasteiger partial charge on any atom is 0.115 e. The second-order valence-corrected chi connectivity index (χ2v) is 4.30. The van der Waals surface area contributed by atoms with Crippen molar-refractivity contribution in [1.82, 2.24) is 10.2 Å². The van der Waals surface area contributed by atoms with Gasteiger partial charge in [0.1, 0.15) is 5.75 Å². The van der Waals surface area contributed by atoms with E-state index in [2.05, 4.69) is 17.1 Å². The van der Waals surface area contributed by atoms with Gasteiger partial charge in [-0.1, -0.05) is 19.1 Å². The van der Waals surface area contributed by atoms with Crippen LogP contribution in [-0.2, 0) is 0 Å². The fourth-order valence-electron chi connectivity index (χ4n) is 2.39. The third-order valence-corrected chi connectivity index (χ3v) is 3.26. The molecule has 1 heterocycles. The first-order valence-electron chi connectivity index (χ1n) is 6.05. The lowest BCUT2D eigenvalue weighted by atomic mass is 10.0. The molecule has 0 saturated carbocycles. The minimum absolute atomic E-state index is 0. The Morgan fingerprint density at radius 3 is 2.22 bits per heavy atom. The summed E-state index contributed by atoms with van der Waals surface area (Å²) in [6.07, 6.45) is 1.12. The summed E-state index contributed by atoms with van der Waals surface area (Å²) < 4.78 is 0. The van der Waals surface area contributed by atoms with E-state index in [1.54, 1.807) is 12.1 Å². The Balaban J connectivity index is 0.00000144. The minimum atomic E-state index is 0. The smallest absolute Gasteiger partial charge is 0.115 e. The van der Waals surface area contributed by atoms with E-state index in [1.165, 1.54) is 5.56 Å². The Morgan fingerprint density at radius 1 is 1.17 bits per heavy atom. The van der Waals surface area contributed by atoms with Gasteiger partial charge in [-0.25, -0.2) is 0 Å². The zero-order valence-corrected chi connectivity index (χ0v) is 12.3. The van der Waals surface area contributed by atoms with Crippen molar-refractivity contribution in [3.8, 4) is 5.75 Å². The highest BCUT2D eigenvalue weighted by Gasteiger charge is 2.20. The molecule has 1 aromatic carbocycles. The number of phenols is 1. The molecule has 104 valence electrons. The SMILES string of the molecule is CC[C@@H](c1ccc(O)cc1)N1CCNCC1.Cl.Cl. The van der Waals surface area contributed by atoms with Crippen LogP contribution in [0.3, 0.4) is 0 Å². The van der Waals surface area contributed by atoms with Crippen LogP contribution in [0.5, 0.6) is 5.75 Å². The topological polar surface area (TPSA) is 35.5 Å². The lowest BCUT2D eigenvalue weighted by Crippen LogP contribution is -2.45. The number of phenolic OH excluding ortho intramolecular Hbond substituents is 1. The van der Waals surface area contributed by atoms with Gasteiger partial charge in [0.15, 0.2) is 0 Å². The molecule has 1 saturated heterocycles. The van der Waals surface area contributed by atoms with Gasteiger partial charge in [0.2, 0.25) is 0 Å². The van der Waals surface area contributed by atoms with Crippen LogP contribution in [0, 0.1) is 0 Å². The second kappa shape index (κ2) is 8.59. The first-order valence-corrected chi connectivity index (χ1v) is 6.05. The van der Waals surface area contributed by atoms with E-state index in [9.17, 15) is 5.11 Å². The highest BCUT2D eigenvalue weighted by molar-refractivity contribution is 5.85. The number of benzene rings is 1. The van der Waals surface area contributed by atoms with Gasteiger partial charge in [0.25, 0.3) is 0 Å². The normalized spacial score (nSPS) is 17.4. The third kappa shape index (κ3) is 4.32. The third-order valence-electron chi connectivity index (χ3n) is 3.26. The predicted molar refractivity (Wildman–Crippen MR) is 80.1 cm³/mol. The first kappa shape index (κ1) is 17.5. The molecule has 18 heavy (non-hydrogen) atoms. The van der Waals surface area contributed by atoms with Crippen molar-refractivity contribution >= 4 is 24.8 Å². The van der Waals surface area contributed by atoms with Crippen LogP contribution in [-0.4, -0.2) is 36.2 Å². The number of nitrogens with zero attached hydrogens (tertiary/aromatic N) is 1. The molecule has 0 aromatic heterocycles. The van der Waals surface area contributed by atoms with Gasteiger partial charge in [-0.05, 0) is 24.1 Å². The molecule has 0 spiro atoms. The molecule has 3 nitrogen and oxygen atoms in total. The van der Waals surface area contributed by atoms with Crippen LogP contribution in [0.4, 0.5) is 0 Å². The number of aromatic hydroxyl groups is 1. The average molecular weight is 293 g/mol. The summed E-state index contributed by atoms with van der Waals surface area (Å²) in [6.45, 7) is 6.60. The summed E-state index contributed by atoms with van der Waals surface area (Å²) in [7, 11) is 0. The number of rotatable bonds is 3. The first-order chi connectivity index (χ1) is 7.81. The fourth-order valence-corrected chi connectivity index (χ4v) is 2.39. The summed E-state index contributed by atoms with van der Waals surface area (Å²) in [6, 6.07) is 8.11. The van der Waals surface area contributed by atoms with Gasteiger partial charge >= 0.3 is 0 Å². The summed E-state index contributed by atoms with van der Waals surface area (Å²) in [4.78, 5) is 2.52. The molecular formula is C13H22Cl2N2O. The Bertz CT molecular complexity index is 326. The van der Waals surface area contributed by atoms with Crippen LogP contribution in [0.25, 0.3) is 0 Å². The van der Waals surface area contributed by atoms with Crippen molar-refractivity contribution in [2.24, 2.45) is 0 Å². The van der Waals surface area contributed by atoms with Gasteiger partial charge in [0, 0.05) is 32.2 Å². The second-order valence-electron chi connectivity index (χ2n) is 4.30. The van der Waals surface area contributed by atoms with Crippen LogP contribution < -0.4 is 5.32 Å². The molecule has 5 heteroatoms. The van der Waals surface area contributed by atoms with Gasteiger partial charge in [0.05, 0.1) is 0 Å². The van der Waals surface area contributed by atoms with Crippen LogP contribution in [0.15, 0.2) is 24.3 Å². The number of piperazine rings is 1. The molecule has 1 aromatic rings. The molecule has 1 aliphatic heterocycles. The number of hydrogen-bond acceptors (Lipinski definition) is 3. The van der Waals surface area contributed by atoms with E-state index in [-0.39, 0.29) is 24.8 Å². The van der Waals surface area contributed by atoms with Crippen LogP contribution >= 0.6 is 24.8 Å². The Hall–Kier alpha value is -0.480. The number of halogens is 2. The van der Waals surface area contributed by atoms with Gasteiger partial charge in [-0.2, -0.15) is 0 Å². The molecule has 1 fully saturated rings. The molecule has 2 rings (SSSR count). The van der Waals surface area contributed by atoms with Crippen molar-refractivity contribution in [1.29, 1.82) is 0 Å². The van der Waals surface area contributed by atoms with E-state index in [0.717, 1.165) is 32.6 Å². The fraction of sp³-hybridized carbons (Fsp3) is 0.538. The van der Waals surface area contributed by atoms with Crippen molar-refractivity contribution < 1.29 is 5.11 Å². The standard InChI is InChI=1S/C13H20N2O.2ClH/c1-2-13(15-9-7-14-8-10-15)11-3-5-12(16)6-4-11;;/h3-6,13-14,16H,2,7-10H2,1H3;2*1H/t13-;;/m0../s1. The van der Waals surface area contributed by atoms with E-state index in [4.69, 9.17) is 0 Å². The van der Waals surface area contributed by atoms with Gasteiger partial charge in [-0.3, -0.25) is 4.90 Å². The van der Waals surface area contributed by atoms with E-state index >= 15 is 0 Å². The van der Waals surface area contributed by atoms with Crippen molar-refractivity contribution in [3.63, 3.8) is 0 Å². The summed E-state index contributed by atoms with van der Waals surface area (Å²) in [5.41, 5.74) is 1.31. The zero-order chi connectivity index (χ0) is 11.4. The molecular weight excluding hydrogens is 271 g/mol. The molecule has 0 unspecified atom stereocenters. The molecule has 0 amide bonds. The highest BCUT2D eigenvalue weighted by Crippen LogP contribution is 2.25. The molecule has 0 bridgehead atoms. The minimum Gasteiger partial charge on any atom is -0.508 e. The Morgan fingerprint density at radius 2 is 1.72 bits per heavy atom. The summed E-state index contributed by atoms with van der Waals surface area (Å²) in [5.74, 6) is 0.346. The van der Waals surface area contributed by atoms with E-state index in [1.807, 2.05) is 12.1 Å². The molecule has 0 radical (unpaired) electrons. The van der Waals surface area contributed by atoms with Crippen molar-refractivity contribution in [2.45, 2.75) is 19.4 Å². The highest BCUT2D eigenvalue weighted by atomic mass is 35.5. The maximum absolute atomic E-state index is 9.30. The van der Waals surface area contributed by atoms with E-state index < -0.39 is 0 Å². The largest absolute Gasteiger partial charge is 0.508 e. The zero-order valence-electron chi connectivity index (χ0n) is 10.6. The van der Waals surface area contributed by atoms with Crippen LogP contribution in [0.1, 0.15) is 24.9 Å². The maximum atomic E-state index is 9.30. The van der Waals surface area contributed by atoms with Gasteiger partial charge < -0.3 is 10.4 Å². The molecule has 1 aliphatic rings. The van der Waals surface area contributed by atoms with Crippen molar-refractivity contribution in [3.05, 3.63) is 29.8 Å². The summed E-state index contributed by atoms with van der Waals surface area (Å²) >= 11 is 0. The number of nitrogens with one attached hydrogen (secondary N) is 1. The van der Waals surface area contributed by atoms with Crippen molar-refractivity contribution in [2.75, 3.05) is 26.2 Å². The van der Waals surface area contributed by atoms with E-state index in [0.29, 0.717) is 11.8 Å². The predicted octanol–water partition coefficient (Wildman–Crippen LogP) is 2.59. The Kier molecular flexibility index (Phi) is 8.36. The lowest BCUT2D eigenvalue weighted by molar-refractivity contribution is 0.169. The molecule has 1 atom stereocenters. The van der Waals surface area contributed by atoms with Gasteiger partial charge in [-0.15, -0.1) is 24.8 Å². The quantitative estimate of drug-likeness (QED) is 0.899. The monoisotopic (exact) mass is 292 g/mol. The summed E-state index contributed by atoms with van der Waals surface area (Å²) in [5, 5.41) is 12.7. The number of hydrogen-bond donors (Lipinski definition) is 2. The molecule has 0 aliphatic carbocycles.